The van der Waals surface area contributed by atoms with E-state index >= 15 is 0 Å². The number of nitrogens with one attached hydrogen (secondary N) is 2. The smallest absolute Gasteiger partial charge is 0.354 e. The highest BCUT2D eigenvalue weighted by Gasteiger charge is 2.14. The molecule has 0 atom stereocenters. The number of H-pyrrole nitrogens is 2. The van der Waals surface area contributed by atoms with Crippen LogP contribution >= 0.6 is 0 Å². The number of hydrogen-bond donors (Lipinski definition) is 3. The Labute approximate surface area is 84.5 Å². The van der Waals surface area contributed by atoms with E-state index in [0.29, 0.717) is 5.52 Å². The highest BCUT2D eigenvalue weighted by atomic mass is 16.4. The quantitative estimate of drug-likeness (QED) is 0.564. The zero-order chi connectivity index (χ0) is 10.4. The normalized spacial score (nSPS) is 11.2. The van der Waals surface area contributed by atoms with Gasteiger partial charge >= 0.3 is 5.97 Å². The zero-order valence-electron chi connectivity index (χ0n) is 7.74. The highest BCUT2D eigenvalue weighted by Crippen LogP contribution is 2.27. The van der Waals surface area contributed by atoms with Crippen LogP contribution in [0.1, 0.15) is 10.5 Å². The van der Waals surface area contributed by atoms with Crippen LogP contribution in [-0.2, 0) is 0 Å². The molecule has 0 unspecified atom stereocenters. The zero-order valence-corrected chi connectivity index (χ0v) is 7.74. The number of benzene rings is 1. The van der Waals surface area contributed by atoms with E-state index in [2.05, 4.69) is 9.97 Å². The SMILES string of the molecule is O=C(O)c1[nH]cc2c1[nH]c1ccccc12. The summed E-state index contributed by atoms with van der Waals surface area (Å²) in [5.41, 5.74) is 1.82. The third-order valence-corrected chi connectivity index (χ3v) is 2.57. The highest BCUT2D eigenvalue weighted by molar-refractivity contribution is 6.13. The molecule has 0 amide bonds. The molecule has 0 bridgehead atoms. The first-order valence-electron chi connectivity index (χ1n) is 4.58. The Hall–Kier alpha value is -2.23. The van der Waals surface area contributed by atoms with Crippen molar-refractivity contribution < 1.29 is 9.90 Å². The number of fused-ring (bicyclic) bond motifs is 3. The Bertz CT molecular complexity index is 663. The lowest BCUT2D eigenvalue weighted by Gasteiger charge is -1.88. The van der Waals surface area contributed by atoms with E-state index < -0.39 is 5.97 Å². The second-order valence-corrected chi connectivity index (χ2v) is 3.43. The van der Waals surface area contributed by atoms with Gasteiger partial charge in [-0.1, -0.05) is 18.2 Å². The van der Waals surface area contributed by atoms with Gasteiger partial charge in [-0.3, -0.25) is 0 Å². The number of carboxylic acids is 1. The van der Waals surface area contributed by atoms with Crippen LogP contribution in [0.3, 0.4) is 0 Å². The van der Waals surface area contributed by atoms with Crippen molar-refractivity contribution in [2.75, 3.05) is 0 Å². The van der Waals surface area contributed by atoms with Crippen LogP contribution in [0.5, 0.6) is 0 Å². The number of carboxylic acid groups (broad SMARTS) is 1. The predicted octanol–water partition coefficient (Wildman–Crippen LogP) is 2.35. The fourth-order valence-electron chi connectivity index (χ4n) is 1.90. The lowest BCUT2D eigenvalue weighted by atomic mass is 10.2. The van der Waals surface area contributed by atoms with Gasteiger partial charge in [-0.15, -0.1) is 0 Å². The van der Waals surface area contributed by atoms with Gasteiger partial charge in [-0.05, 0) is 6.07 Å². The van der Waals surface area contributed by atoms with Crippen molar-refractivity contribution in [2.24, 2.45) is 0 Å². The maximum atomic E-state index is 10.9. The minimum atomic E-state index is -0.948. The molecule has 15 heavy (non-hydrogen) atoms. The number of para-hydroxylation sites is 1. The van der Waals surface area contributed by atoms with Gasteiger partial charge in [0.1, 0.15) is 5.69 Å². The summed E-state index contributed by atoms with van der Waals surface area (Å²) in [7, 11) is 0. The Kier molecular flexibility index (Phi) is 1.42. The molecular formula is C11H8N2O2. The second-order valence-electron chi connectivity index (χ2n) is 3.43. The molecule has 4 heteroatoms. The van der Waals surface area contributed by atoms with E-state index in [1.165, 1.54) is 0 Å². The summed E-state index contributed by atoms with van der Waals surface area (Å²) in [6.45, 7) is 0. The number of rotatable bonds is 1. The third kappa shape index (κ3) is 0.985. The maximum absolute atomic E-state index is 10.9. The van der Waals surface area contributed by atoms with Gasteiger partial charge in [0.15, 0.2) is 0 Å². The van der Waals surface area contributed by atoms with E-state index in [0.717, 1.165) is 16.3 Å². The lowest BCUT2D eigenvalue weighted by Crippen LogP contribution is -1.96. The third-order valence-electron chi connectivity index (χ3n) is 2.57. The average Bonchev–Trinajstić information content (AvgIpc) is 2.74. The average molecular weight is 200 g/mol. The van der Waals surface area contributed by atoms with Gasteiger partial charge in [0, 0.05) is 22.5 Å². The number of aromatic amines is 2. The molecule has 3 rings (SSSR count). The number of aromatic carboxylic acids is 1. The molecule has 2 heterocycles. The van der Waals surface area contributed by atoms with Gasteiger partial charge < -0.3 is 15.1 Å². The standard InChI is InChI=1S/C11H8N2O2/c14-11(15)10-9-7(5-12-10)6-3-1-2-4-8(6)13-9/h1-5,12-13H,(H,14,15). The molecular weight excluding hydrogens is 192 g/mol. The van der Waals surface area contributed by atoms with Crippen molar-refractivity contribution in [3.8, 4) is 0 Å². The number of aromatic nitrogens is 2. The molecule has 0 aliphatic heterocycles. The molecule has 4 nitrogen and oxygen atoms in total. The second kappa shape index (κ2) is 2.63. The first kappa shape index (κ1) is 8.11. The van der Waals surface area contributed by atoms with Gasteiger partial charge in [0.25, 0.3) is 0 Å². The Morgan fingerprint density at radius 2 is 2.00 bits per heavy atom. The molecule has 0 aliphatic rings. The molecule has 0 radical (unpaired) electrons. The van der Waals surface area contributed by atoms with Crippen LogP contribution in [0.2, 0.25) is 0 Å². The molecule has 2 aromatic heterocycles. The van der Waals surface area contributed by atoms with Crippen molar-refractivity contribution in [1.29, 1.82) is 0 Å². The predicted molar refractivity (Wildman–Crippen MR) is 57.1 cm³/mol. The summed E-state index contributed by atoms with van der Waals surface area (Å²) >= 11 is 0. The summed E-state index contributed by atoms with van der Waals surface area (Å²) in [4.78, 5) is 16.8. The maximum Gasteiger partial charge on any atom is 0.354 e. The molecule has 74 valence electrons. The molecule has 3 N–H and O–H groups in total. The largest absolute Gasteiger partial charge is 0.477 e. The van der Waals surface area contributed by atoms with Crippen LogP contribution in [0.25, 0.3) is 21.8 Å². The lowest BCUT2D eigenvalue weighted by molar-refractivity contribution is 0.0693. The van der Waals surface area contributed by atoms with E-state index in [-0.39, 0.29) is 5.69 Å². The van der Waals surface area contributed by atoms with Gasteiger partial charge in [0.2, 0.25) is 0 Å². The summed E-state index contributed by atoms with van der Waals surface area (Å²) in [6, 6.07) is 7.75. The van der Waals surface area contributed by atoms with Crippen molar-refractivity contribution >= 4 is 27.8 Å². The van der Waals surface area contributed by atoms with Crippen LogP contribution in [0.15, 0.2) is 30.5 Å². The summed E-state index contributed by atoms with van der Waals surface area (Å²) < 4.78 is 0. The van der Waals surface area contributed by atoms with Crippen molar-refractivity contribution in [3.63, 3.8) is 0 Å². The van der Waals surface area contributed by atoms with Crippen molar-refractivity contribution in [2.45, 2.75) is 0 Å². The summed E-state index contributed by atoms with van der Waals surface area (Å²) in [6.07, 6.45) is 1.72. The number of hydrogen-bond acceptors (Lipinski definition) is 1. The molecule has 0 saturated carbocycles. The Morgan fingerprint density at radius 3 is 2.80 bits per heavy atom. The van der Waals surface area contributed by atoms with Crippen molar-refractivity contribution in [3.05, 3.63) is 36.2 Å². The Balaban J connectivity index is 2.50. The number of carbonyl (C=O) groups is 1. The van der Waals surface area contributed by atoms with E-state index in [9.17, 15) is 4.79 Å². The first-order chi connectivity index (χ1) is 7.27. The molecule has 0 saturated heterocycles. The topological polar surface area (TPSA) is 68.9 Å². The molecule has 1 aromatic carbocycles. The van der Waals surface area contributed by atoms with E-state index in [1.54, 1.807) is 6.20 Å². The summed E-state index contributed by atoms with van der Waals surface area (Å²) in [5, 5.41) is 10.9. The van der Waals surface area contributed by atoms with Crippen LogP contribution in [-0.4, -0.2) is 21.0 Å². The van der Waals surface area contributed by atoms with Crippen molar-refractivity contribution in [1.82, 2.24) is 9.97 Å². The van der Waals surface area contributed by atoms with Gasteiger partial charge in [-0.25, -0.2) is 4.79 Å². The van der Waals surface area contributed by atoms with E-state index in [1.807, 2.05) is 24.3 Å². The fourth-order valence-corrected chi connectivity index (χ4v) is 1.90. The van der Waals surface area contributed by atoms with Gasteiger partial charge in [-0.2, -0.15) is 0 Å². The fraction of sp³-hybridized carbons (Fsp3) is 0. The molecule has 0 spiro atoms. The first-order valence-corrected chi connectivity index (χ1v) is 4.58. The van der Waals surface area contributed by atoms with E-state index in [4.69, 9.17) is 5.11 Å². The monoisotopic (exact) mass is 200 g/mol. The minimum absolute atomic E-state index is 0.209. The summed E-state index contributed by atoms with van der Waals surface area (Å²) in [5.74, 6) is -0.948. The van der Waals surface area contributed by atoms with Crippen LogP contribution in [0, 0.1) is 0 Å². The van der Waals surface area contributed by atoms with Crippen LogP contribution < -0.4 is 0 Å². The Morgan fingerprint density at radius 1 is 1.20 bits per heavy atom. The minimum Gasteiger partial charge on any atom is -0.477 e. The van der Waals surface area contributed by atoms with Crippen LogP contribution in [0.4, 0.5) is 0 Å². The molecule has 0 aliphatic carbocycles. The molecule has 3 aromatic rings. The molecule has 0 fully saturated rings. The van der Waals surface area contributed by atoms with Gasteiger partial charge in [0.05, 0.1) is 5.52 Å².